The number of carboxylic acids is 1. The normalized spacial score (nSPS) is 11.2. The van der Waals surface area contributed by atoms with Crippen molar-refractivity contribution in [3.05, 3.63) is 95.6 Å². The van der Waals surface area contributed by atoms with Crippen LogP contribution in [-0.2, 0) is 16.6 Å². The molecule has 0 aromatic heterocycles. The summed E-state index contributed by atoms with van der Waals surface area (Å²) in [7, 11) is 0. The van der Waals surface area contributed by atoms with Crippen LogP contribution in [0.5, 0.6) is 11.5 Å². The molecule has 0 saturated carbocycles. The number of aromatic hydroxyl groups is 2. The molecule has 0 bridgehead atoms. The largest absolute Gasteiger partial charge is 0.549 e. The zero-order valence-electron chi connectivity index (χ0n) is 13.4. The summed E-state index contributed by atoms with van der Waals surface area (Å²) in [5.41, 5.74) is 0.399. The van der Waals surface area contributed by atoms with Crippen molar-refractivity contribution < 1.29 is 20.1 Å². The molecule has 0 fully saturated rings. The number of hydrogen-bond acceptors (Lipinski definition) is 4. The van der Waals surface area contributed by atoms with Gasteiger partial charge in [-0.1, -0.05) is 54.6 Å². The van der Waals surface area contributed by atoms with Crippen molar-refractivity contribution >= 4 is 5.97 Å². The molecular weight excluding hydrogens is 316 g/mol. The van der Waals surface area contributed by atoms with Gasteiger partial charge in [0.25, 0.3) is 0 Å². The zero-order valence-corrected chi connectivity index (χ0v) is 13.4. The highest BCUT2D eigenvalue weighted by Crippen LogP contribution is 2.37. The molecule has 0 amide bonds. The predicted octanol–water partition coefficient (Wildman–Crippen LogP) is 2.38. The summed E-state index contributed by atoms with van der Waals surface area (Å²) < 4.78 is 0. The first-order valence-electron chi connectivity index (χ1n) is 7.87. The van der Waals surface area contributed by atoms with Gasteiger partial charge in [-0.25, -0.2) is 0 Å². The first-order chi connectivity index (χ1) is 12.0. The summed E-state index contributed by atoms with van der Waals surface area (Å²) >= 11 is 0. The fraction of sp³-hybridized carbons (Fsp3) is 0.0952. The first kappa shape index (κ1) is 16.6. The lowest BCUT2D eigenvalue weighted by atomic mass is 9.70. The smallest absolute Gasteiger partial charge is 0.115 e. The number of carboxylic acid groups (broad SMARTS) is 1. The second-order valence-corrected chi connectivity index (χ2v) is 5.95. The van der Waals surface area contributed by atoms with Crippen molar-refractivity contribution in [2.24, 2.45) is 0 Å². The molecule has 0 aliphatic heterocycles. The highest BCUT2D eigenvalue weighted by Gasteiger charge is 2.36. The van der Waals surface area contributed by atoms with Crippen molar-refractivity contribution in [1.29, 1.82) is 0 Å². The molecule has 2 N–H and O–H groups in total. The first-order valence-corrected chi connectivity index (χ1v) is 7.87. The van der Waals surface area contributed by atoms with E-state index in [0.717, 1.165) is 5.56 Å². The van der Waals surface area contributed by atoms with Crippen LogP contribution in [0, 0.1) is 0 Å². The lowest BCUT2D eigenvalue weighted by Gasteiger charge is -2.36. The molecule has 0 radical (unpaired) electrons. The van der Waals surface area contributed by atoms with Crippen molar-refractivity contribution in [2.45, 2.75) is 11.8 Å². The van der Waals surface area contributed by atoms with Gasteiger partial charge < -0.3 is 20.1 Å². The maximum Gasteiger partial charge on any atom is 0.115 e. The van der Waals surface area contributed by atoms with Crippen LogP contribution < -0.4 is 5.11 Å². The van der Waals surface area contributed by atoms with Crippen molar-refractivity contribution in [3.8, 4) is 11.5 Å². The van der Waals surface area contributed by atoms with E-state index in [0.29, 0.717) is 11.1 Å². The van der Waals surface area contributed by atoms with Crippen molar-refractivity contribution in [1.82, 2.24) is 0 Å². The van der Waals surface area contributed by atoms with E-state index in [1.807, 2.05) is 30.3 Å². The van der Waals surface area contributed by atoms with E-state index >= 15 is 0 Å². The average Bonchev–Trinajstić information content (AvgIpc) is 2.62. The third-order valence-electron chi connectivity index (χ3n) is 4.38. The van der Waals surface area contributed by atoms with Crippen LogP contribution in [0.3, 0.4) is 0 Å². The Morgan fingerprint density at radius 1 is 0.760 bits per heavy atom. The van der Waals surface area contributed by atoms with Crippen LogP contribution in [-0.4, -0.2) is 16.2 Å². The number of carbonyl (C=O) groups excluding carboxylic acids is 1. The number of benzene rings is 3. The van der Waals surface area contributed by atoms with E-state index in [-0.39, 0.29) is 17.9 Å². The van der Waals surface area contributed by atoms with Crippen LogP contribution in [0.1, 0.15) is 16.7 Å². The van der Waals surface area contributed by atoms with Gasteiger partial charge in [-0.15, -0.1) is 0 Å². The van der Waals surface area contributed by atoms with Gasteiger partial charge >= 0.3 is 0 Å². The molecule has 0 atom stereocenters. The number of phenols is 2. The Hall–Kier alpha value is -3.27. The Labute approximate surface area is 145 Å². The van der Waals surface area contributed by atoms with E-state index < -0.39 is 11.4 Å². The summed E-state index contributed by atoms with van der Waals surface area (Å²) in [5, 5.41) is 31.5. The Bertz CT molecular complexity index is 807. The van der Waals surface area contributed by atoms with E-state index in [2.05, 4.69) is 0 Å². The highest BCUT2D eigenvalue weighted by atomic mass is 16.4. The molecule has 25 heavy (non-hydrogen) atoms. The topological polar surface area (TPSA) is 80.6 Å². The average molecular weight is 333 g/mol. The minimum Gasteiger partial charge on any atom is -0.549 e. The minimum absolute atomic E-state index is 0.0569. The summed E-state index contributed by atoms with van der Waals surface area (Å²) in [6, 6.07) is 21.5. The maximum absolute atomic E-state index is 12.4. The Morgan fingerprint density at radius 2 is 1.20 bits per heavy atom. The summed E-state index contributed by atoms with van der Waals surface area (Å²) in [6.07, 6.45) is 0.186. The van der Waals surface area contributed by atoms with E-state index in [1.54, 1.807) is 24.3 Å². The molecule has 0 aliphatic rings. The fourth-order valence-corrected chi connectivity index (χ4v) is 3.07. The molecule has 4 nitrogen and oxygen atoms in total. The molecule has 0 heterocycles. The van der Waals surface area contributed by atoms with Gasteiger partial charge in [-0.3, -0.25) is 0 Å². The molecule has 0 saturated heterocycles. The van der Waals surface area contributed by atoms with Gasteiger partial charge in [0.05, 0.1) is 11.4 Å². The predicted molar refractivity (Wildman–Crippen MR) is 92.1 cm³/mol. The molecule has 126 valence electrons. The van der Waals surface area contributed by atoms with E-state index in [9.17, 15) is 20.1 Å². The summed E-state index contributed by atoms with van der Waals surface area (Å²) in [5.74, 6) is -1.13. The Balaban J connectivity index is 2.22. The minimum atomic E-state index is -1.44. The summed E-state index contributed by atoms with van der Waals surface area (Å²) in [6.45, 7) is 0. The SMILES string of the molecule is O=C([O-])C(Cc1ccccc1)(c1ccc(O)cc1)c1ccc(O)cc1. The zero-order chi connectivity index (χ0) is 17.9. The second-order valence-electron chi connectivity index (χ2n) is 5.95. The lowest BCUT2D eigenvalue weighted by molar-refractivity contribution is -0.312. The van der Waals surface area contributed by atoms with Crippen LogP contribution in [0.4, 0.5) is 0 Å². The number of rotatable bonds is 5. The van der Waals surface area contributed by atoms with E-state index in [1.165, 1.54) is 24.3 Å². The van der Waals surface area contributed by atoms with Gasteiger partial charge in [-0.2, -0.15) is 0 Å². The van der Waals surface area contributed by atoms with Crippen molar-refractivity contribution in [3.63, 3.8) is 0 Å². The van der Waals surface area contributed by atoms with Gasteiger partial charge in [0.1, 0.15) is 11.5 Å². The van der Waals surface area contributed by atoms with Crippen LogP contribution in [0.25, 0.3) is 0 Å². The molecule has 3 rings (SSSR count). The summed E-state index contributed by atoms with van der Waals surface area (Å²) in [4.78, 5) is 12.4. The second kappa shape index (κ2) is 6.69. The van der Waals surface area contributed by atoms with Crippen molar-refractivity contribution in [2.75, 3.05) is 0 Å². The fourth-order valence-electron chi connectivity index (χ4n) is 3.07. The van der Waals surface area contributed by atoms with Gasteiger partial charge in [0.15, 0.2) is 0 Å². The highest BCUT2D eigenvalue weighted by molar-refractivity contribution is 5.85. The molecule has 0 aliphatic carbocycles. The number of carbonyl (C=O) groups is 1. The molecular formula is C21H17O4-. The molecule has 0 unspecified atom stereocenters. The molecule has 0 spiro atoms. The monoisotopic (exact) mass is 333 g/mol. The molecule has 3 aromatic rings. The standard InChI is InChI=1S/C21H18O4/c22-18-10-6-16(7-11-18)21(20(24)25,14-15-4-2-1-3-5-15)17-8-12-19(23)13-9-17/h1-13,22-23H,14H2,(H,24,25)/p-1. The number of phenolic OH excluding ortho intramolecular Hbond substituents is 2. The van der Waals surface area contributed by atoms with Crippen LogP contribution in [0.15, 0.2) is 78.9 Å². The number of hydrogen-bond donors (Lipinski definition) is 2. The maximum atomic E-state index is 12.4. The third kappa shape index (κ3) is 3.19. The lowest BCUT2D eigenvalue weighted by Crippen LogP contribution is -2.48. The number of aliphatic carboxylic acids is 1. The van der Waals surface area contributed by atoms with Crippen LogP contribution >= 0.6 is 0 Å². The van der Waals surface area contributed by atoms with Gasteiger partial charge in [0.2, 0.25) is 0 Å². The molecule has 3 aromatic carbocycles. The molecule has 4 heteroatoms. The van der Waals surface area contributed by atoms with Gasteiger partial charge in [0, 0.05) is 0 Å². The van der Waals surface area contributed by atoms with Gasteiger partial charge in [-0.05, 0) is 47.4 Å². The Morgan fingerprint density at radius 3 is 1.60 bits per heavy atom. The third-order valence-corrected chi connectivity index (χ3v) is 4.38. The van der Waals surface area contributed by atoms with Crippen LogP contribution in [0.2, 0.25) is 0 Å². The van der Waals surface area contributed by atoms with E-state index in [4.69, 9.17) is 0 Å². The Kier molecular flexibility index (Phi) is 4.44. The quantitative estimate of drug-likeness (QED) is 0.751.